The molecule has 0 saturated heterocycles. The Labute approximate surface area is 86.0 Å². The Bertz CT molecular complexity index is 706. The van der Waals surface area contributed by atoms with Crippen molar-refractivity contribution in [2.45, 2.75) is 6.92 Å². The van der Waals surface area contributed by atoms with Crippen LogP contribution < -0.4 is 5.56 Å². The lowest BCUT2D eigenvalue weighted by Gasteiger charge is -2.03. The number of aryl methyl sites for hydroxylation is 1. The Balaban J connectivity index is 2.66. The van der Waals surface area contributed by atoms with E-state index >= 15 is 0 Å². The molecule has 0 spiro atoms. The third-order valence-corrected chi connectivity index (χ3v) is 2.64. The second-order valence-electron chi connectivity index (χ2n) is 3.74. The Kier molecular flexibility index (Phi) is 1.51. The van der Waals surface area contributed by atoms with E-state index in [1.165, 1.54) is 0 Å². The average Bonchev–Trinajstić information content (AvgIpc) is 2.66. The third-order valence-electron chi connectivity index (χ3n) is 2.64. The molecule has 0 aliphatic carbocycles. The molecule has 0 bridgehead atoms. The van der Waals surface area contributed by atoms with Gasteiger partial charge in [0.05, 0.1) is 11.0 Å². The standard InChI is InChI=1S/C12H10N2O/c1-8-4-5-10-9(7-8)13-12(15)11-3-2-6-14(10)11/h2-7H,1H3,(H,13,15). The van der Waals surface area contributed by atoms with Crippen LogP contribution in [0.3, 0.4) is 0 Å². The second-order valence-corrected chi connectivity index (χ2v) is 3.74. The normalized spacial score (nSPS) is 11.3. The van der Waals surface area contributed by atoms with E-state index in [1.54, 1.807) is 0 Å². The van der Waals surface area contributed by atoms with Crippen LogP contribution in [0, 0.1) is 6.92 Å². The van der Waals surface area contributed by atoms with Crippen molar-refractivity contribution in [3.63, 3.8) is 0 Å². The summed E-state index contributed by atoms with van der Waals surface area (Å²) in [5, 5.41) is 0. The molecule has 15 heavy (non-hydrogen) atoms. The molecule has 0 radical (unpaired) electrons. The predicted molar refractivity (Wildman–Crippen MR) is 60.3 cm³/mol. The van der Waals surface area contributed by atoms with Gasteiger partial charge in [-0.2, -0.15) is 0 Å². The molecular formula is C12H10N2O. The van der Waals surface area contributed by atoms with Crippen LogP contribution in [0.25, 0.3) is 16.6 Å². The first-order valence-corrected chi connectivity index (χ1v) is 4.85. The van der Waals surface area contributed by atoms with Gasteiger partial charge in [0.15, 0.2) is 0 Å². The number of H-pyrrole nitrogens is 1. The maximum atomic E-state index is 11.7. The van der Waals surface area contributed by atoms with Crippen molar-refractivity contribution in [1.29, 1.82) is 0 Å². The number of aromatic amines is 1. The number of benzene rings is 1. The molecule has 0 amide bonds. The summed E-state index contributed by atoms with van der Waals surface area (Å²) in [5.74, 6) is 0. The van der Waals surface area contributed by atoms with Crippen molar-refractivity contribution in [3.8, 4) is 0 Å². The molecule has 3 aromatic rings. The maximum absolute atomic E-state index is 11.7. The van der Waals surface area contributed by atoms with Crippen LogP contribution in [0.1, 0.15) is 5.56 Å². The van der Waals surface area contributed by atoms with Gasteiger partial charge in [-0.05, 0) is 36.8 Å². The summed E-state index contributed by atoms with van der Waals surface area (Å²) < 4.78 is 1.91. The Morgan fingerprint density at radius 1 is 1.20 bits per heavy atom. The van der Waals surface area contributed by atoms with Gasteiger partial charge in [0.2, 0.25) is 0 Å². The Morgan fingerprint density at radius 2 is 2.07 bits per heavy atom. The van der Waals surface area contributed by atoms with E-state index in [1.807, 2.05) is 47.9 Å². The van der Waals surface area contributed by atoms with Crippen LogP contribution in [-0.2, 0) is 0 Å². The van der Waals surface area contributed by atoms with Crippen LogP contribution in [0.15, 0.2) is 41.3 Å². The summed E-state index contributed by atoms with van der Waals surface area (Å²) in [5.41, 5.74) is 3.69. The van der Waals surface area contributed by atoms with Gasteiger partial charge in [-0.3, -0.25) is 4.79 Å². The van der Waals surface area contributed by atoms with Crippen molar-refractivity contribution in [3.05, 3.63) is 52.4 Å². The van der Waals surface area contributed by atoms with E-state index in [9.17, 15) is 4.79 Å². The lowest BCUT2D eigenvalue weighted by molar-refractivity contribution is 1.18. The van der Waals surface area contributed by atoms with Crippen molar-refractivity contribution in [1.82, 2.24) is 9.38 Å². The van der Waals surface area contributed by atoms with Crippen molar-refractivity contribution in [2.75, 3.05) is 0 Å². The summed E-state index contributed by atoms with van der Waals surface area (Å²) in [6.07, 6.45) is 1.90. The van der Waals surface area contributed by atoms with Gasteiger partial charge >= 0.3 is 0 Å². The van der Waals surface area contributed by atoms with Crippen molar-refractivity contribution >= 4 is 16.6 Å². The first-order chi connectivity index (χ1) is 7.25. The van der Waals surface area contributed by atoms with Gasteiger partial charge in [0.1, 0.15) is 5.52 Å². The third kappa shape index (κ3) is 1.09. The lowest BCUT2D eigenvalue weighted by atomic mass is 10.2. The van der Waals surface area contributed by atoms with E-state index in [0.29, 0.717) is 5.52 Å². The highest BCUT2D eigenvalue weighted by atomic mass is 16.1. The van der Waals surface area contributed by atoms with Gasteiger partial charge in [-0.25, -0.2) is 0 Å². The monoisotopic (exact) mass is 198 g/mol. The van der Waals surface area contributed by atoms with E-state index in [0.717, 1.165) is 16.6 Å². The zero-order valence-electron chi connectivity index (χ0n) is 8.32. The van der Waals surface area contributed by atoms with E-state index < -0.39 is 0 Å². The smallest absolute Gasteiger partial charge is 0.272 e. The highest BCUT2D eigenvalue weighted by Gasteiger charge is 2.03. The molecular weight excluding hydrogens is 188 g/mol. The highest BCUT2D eigenvalue weighted by Crippen LogP contribution is 2.13. The SMILES string of the molecule is Cc1ccc2c(c1)[nH]c(=O)c1cccn12. The summed E-state index contributed by atoms with van der Waals surface area (Å²) in [6, 6.07) is 9.74. The molecule has 3 rings (SSSR count). The quantitative estimate of drug-likeness (QED) is 0.590. The van der Waals surface area contributed by atoms with Crippen LogP contribution in [0.4, 0.5) is 0 Å². The van der Waals surface area contributed by atoms with E-state index in [2.05, 4.69) is 4.98 Å². The summed E-state index contributed by atoms with van der Waals surface area (Å²) >= 11 is 0. The molecule has 0 aliphatic heterocycles. The minimum absolute atomic E-state index is 0.0434. The number of rotatable bonds is 0. The molecule has 0 atom stereocenters. The van der Waals surface area contributed by atoms with Crippen molar-refractivity contribution < 1.29 is 0 Å². The van der Waals surface area contributed by atoms with E-state index in [4.69, 9.17) is 0 Å². The molecule has 0 unspecified atom stereocenters. The minimum atomic E-state index is -0.0434. The van der Waals surface area contributed by atoms with Crippen LogP contribution in [0.5, 0.6) is 0 Å². The van der Waals surface area contributed by atoms with Gasteiger partial charge in [-0.1, -0.05) is 6.07 Å². The van der Waals surface area contributed by atoms with Gasteiger partial charge in [0.25, 0.3) is 5.56 Å². The lowest BCUT2D eigenvalue weighted by Crippen LogP contribution is -2.09. The predicted octanol–water partition coefficient (Wildman–Crippen LogP) is 2.09. The Hall–Kier alpha value is -2.03. The summed E-state index contributed by atoms with van der Waals surface area (Å²) in [4.78, 5) is 14.6. The van der Waals surface area contributed by atoms with Gasteiger partial charge in [-0.15, -0.1) is 0 Å². The zero-order chi connectivity index (χ0) is 10.4. The molecule has 0 aliphatic rings. The molecule has 1 aromatic carbocycles. The molecule has 2 aromatic heterocycles. The largest absolute Gasteiger partial charge is 0.319 e. The number of nitrogens with one attached hydrogen (secondary N) is 1. The average molecular weight is 198 g/mol. The molecule has 0 fully saturated rings. The zero-order valence-corrected chi connectivity index (χ0v) is 8.32. The number of hydrogen-bond acceptors (Lipinski definition) is 1. The van der Waals surface area contributed by atoms with E-state index in [-0.39, 0.29) is 5.56 Å². The molecule has 2 heterocycles. The molecule has 1 N–H and O–H groups in total. The fraction of sp³-hybridized carbons (Fsp3) is 0.0833. The van der Waals surface area contributed by atoms with Gasteiger partial charge in [0, 0.05) is 6.20 Å². The summed E-state index contributed by atoms with van der Waals surface area (Å²) in [7, 11) is 0. The fourth-order valence-electron chi connectivity index (χ4n) is 1.92. The molecule has 3 heteroatoms. The van der Waals surface area contributed by atoms with Crippen LogP contribution >= 0.6 is 0 Å². The van der Waals surface area contributed by atoms with Crippen LogP contribution in [-0.4, -0.2) is 9.38 Å². The number of nitrogens with zero attached hydrogens (tertiary/aromatic N) is 1. The molecule has 3 nitrogen and oxygen atoms in total. The Morgan fingerprint density at radius 3 is 2.93 bits per heavy atom. The minimum Gasteiger partial charge on any atom is -0.319 e. The first-order valence-electron chi connectivity index (χ1n) is 4.85. The number of fused-ring (bicyclic) bond motifs is 3. The number of aromatic nitrogens is 2. The first kappa shape index (κ1) is 8.29. The fourth-order valence-corrected chi connectivity index (χ4v) is 1.92. The number of hydrogen-bond donors (Lipinski definition) is 1. The molecule has 74 valence electrons. The topological polar surface area (TPSA) is 37.3 Å². The van der Waals surface area contributed by atoms with Crippen molar-refractivity contribution in [2.24, 2.45) is 0 Å². The molecule has 0 saturated carbocycles. The maximum Gasteiger partial charge on any atom is 0.272 e. The van der Waals surface area contributed by atoms with Crippen LogP contribution in [0.2, 0.25) is 0 Å². The highest BCUT2D eigenvalue weighted by molar-refractivity contribution is 5.78. The summed E-state index contributed by atoms with van der Waals surface area (Å²) in [6.45, 7) is 2.01. The second kappa shape index (κ2) is 2.73. The van der Waals surface area contributed by atoms with Gasteiger partial charge < -0.3 is 9.38 Å².